The van der Waals surface area contributed by atoms with E-state index in [1.165, 1.54) is 17.0 Å². The lowest BCUT2D eigenvalue weighted by Crippen LogP contribution is -2.32. The fourth-order valence-corrected chi connectivity index (χ4v) is 3.14. The van der Waals surface area contributed by atoms with Crippen molar-refractivity contribution in [1.29, 1.82) is 0 Å². The Morgan fingerprint density at radius 2 is 2.08 bits per heavy atom. The number of rotatable bonds is 2. The molecular weight excluding hydrogens is 337 g/mol. The number of alkyl halides is 3. The van der Waals surface area contributed by atoms with Crippen LogP contribution in [0.3, 0.4) is 0 Å². The standard InChI is InChI=1S/C17H17F3N2O3/c1-9-15(25-10(2)21-9)16(24)22-8-13(23)7-14(22)11-4-3-5-12(6-11)17(18,19)20/h3-6,13-14,23H,7-8H2,1-2H3/t13-,14+/m1/s1. The highest BCUT2D eigenvalue weighted by Crippen LogP contribution is 2.37. The summed E-state index contributed by atoms with van der Waals surface area (Å²) in [6.45, 7) is 3.25. The van der Waals surface area contributed by atoms with Crippen LogP contribution in [0, 0.1) is 13.8 Å². The van der Waals surface area contributed by atoms with Gasteiger partial charge in [-0.25, -0.2) is 4.98 Å². The lowest BCUT2D eigenvalue weighted by atomic mass is 10.0. The van der Waals surface area contributed by atoms with Crippen LogP contribution in [0.2, 0.25) is 0 Å². The van der Waals surface area contributed by atoms with Gasteiger partial charge in [-0.3, -0.25) is 4.79 Å². The molecule has 1 aliphatic heterocycles. The summed E-state index contributed by atoms with van der Waals surface area (Å²) in [5.41, 5.74) is -0.0502. The smallest absolute Gasteiger partial charge is 0.416 e. The van der Waals surface area contributed by atoms with Gasteiger partial charge < -0.3 is 14.4 Å². The van der Waals surface area contributed by atoms with E-state index in [0.29, 0.717) is 17.1 Å². The molecule has 0 radical (unpaired) electrons. The van der Waals surface area contributed by atoms with Crippen molar-refractivity contribution in [2.24, 2.45) is 0 Å². The second-order valence-corrected chi connectivity index (χ2v) is 6.13. The number of benzene rings is 1. The maximum absolute atomic E-state index is 13.0. The first-order chi connectivity index (χ1) is 11.7. The highest BCUT2D eigenvalue weighted by molar-refractivity contribution is 5.93. The Morgan fingerprint density at radius 1 is 1.36 bits per heavy atom. The maximum atomic E-state index is 13.0. The number of aliphatic hydroxyl groups excluding tert-OH is 1. The summed E-state index contributed by atoms with van der Waals surface area (Å²) in [5.74, 6) is -0.114. The highest BCUT2D eigenvalue weighted by atomic mass is 19.4. The van der Waals surface area contributed by atoms with Crippen molar-refractivity contribution in [2.75, 3.05) is 6.54 Å². The molecule has 1 aromatic heterocycles. The topological polar surface area (TPSA) is 66.6 Å². The van der Waals surface area contributed by atoms with E-state index in [1.54, 1.807) is 13.8 Å². The zero-order valence-electron chi connectivity index (χ0n) is 13.7. The molecular formula is C17H17F3N2O3. The number of aliphatic hydroxyl groups is 1. The molecule has 2 aromatic rings. The second-order valence-electron chi connectivity index (χ2n) is 6.13. The number of carbonyl (C=O) groups is 1. The molecule has 1 aromatic carbocycles. The van der Waals surface area contributed by atoms with Gasteiger partial charge in [-0.15, -0.1) is 0 Å². The lowest BCUT2D eigenvalue weighted by Gasteiger charge is -2.24. The molecule has 0 aliphatic carbocycles. The zero-order chi connectivity index (χ0) is 18.4. The van der Waals surface area contributed by atoms with Crippen LogP contribution in [0.1, 0.15) is 45.7 Å². The summed E-state index contributed by atoms with van der Waals surface area (Å²) < 4.78 is 44.2. The molecule has 5 nitrogen and oxygen atoms in total. The molecule has 1 amide bonds. The third-order valence-corrected chi connectivity index (χ3v) is 4.24. The number of halogens is 3. The van der Waals surface area contributed by atoms with Crippen LogP contribution < -0.4 is 0 Å². The molecule has 1 N–H and O–H groups in total. The van der Waals surface area contributed by atoms with Crippen LogP contribution in [0.4, 0.5) is 13.2 Å². The molecule has 1 fully saturated rings. The van der Waals surface area contributed by atoms with Crippen LogP contribution in [-0.4, -0.2) is 33.5 Å². The van der Waals surface area contributed by atoms with Crippen molar-refractivity contribution in [3.63, 3.8) is 0 Å². The van der Waals surface area contributed by atoms with Crippen LogP contribution >= 0.6 is 0 Å². The quantitative estimate of drug-likeness (QED) is 0.899. The molecule has 2 heterocycles. The summed E-state index contributed by atoms with van der Waals surface area (Å²) in [6.07, 6.45) is -5.12. The zero-order valence-corrected chi connectivity index (χ0v) is 13.7. The average Bonchev–Trinajstić information content (AvgIpc) is 3.08. The van der Waals surface area contributed by atoms with Gasteiger partial charge in [0.1, 0.15) is 0 Å². The summed E-state index contributed by atoms with van der Waals surface area (Å²) >= 11 is 0. The predicted octanol–water partition coefficient (Wildman–Crippen LogP) is 3.26. The Balaban J connectivity index is 1.95. The van der Waals surface area contributed by atoms with Crippen molar-refractivity contribution >= 4 is 5.91 Å². The van der Waals surface area contributed by atoms with Crippen molar-refractivity contribution in [2.45, 2.75) is 38.6 Å². The maximum Gasteiger partial charge on any atom is 0.416 e. The Morgan fingerprint density at radius 3 is 2.68 bits per heavy atom. The third-order valence-electron chi connectivity index (χ3n) is 4.24. The Kier molecular flexibility index (Phi) is 4.32. The number of hydrogen-bond acceptors (Lipinski definition) is 4. The minimum Gasteiger partial charge on any atom is -0.436 e. The first kappa shape index (κ1) is 17.5. The summed E-state index contributed by atoms with van der Waals surface area (Å²) in [7, 11) is 0. The molecule has 1 saturated heterocycles. The molecule has 2 atom stereocenters. The van der Waals surface area contributed by atoms with Crippen molar-refractivity contribution in [1.82, 2.24) is 9.88 Å². The molecule has 1 aliphatic rings. The van der Waals surface area contributed by atoms with E-state index in [4.69, 9.17) is 4.42 Å². The number of oxazole rings is 1. The van der Waals surface area contributed by atoms with E-state index < -0.39 is 29.8 Å². The van der Waals surface area contributed by atoms with E-state index >= 15 is 0 Å². The van der Waals surface area contributed by atoms with E-state index in [0.717, 1.165) is 12.1 Å². The number of likely N-dealkylation sites (tertiary alicyclic amines) is 1. The molecule has 0 saturated carbocycles. The number of aromatic nitrogens is 1. The number of carbonyl (C=O) groups excluding carboxylic acids is 1. The Labute approximate surface area is 142 Å². The number of aryl methyl sites for hydroxylation is 2. The lowest BCUT2D eigenvalue weighted by molar-refractivity contribution is -0.137. The van der Waals surface area contributed by atoms with Gasteiger partial charge in [-0.2, -0.15) is 13.2 Å². The van der Waals surface area contributed by atoms with E-state index in [-0.39, 0.29) is 18.7 Å². The second kappa shape index (κ2) is 6.18. The minimum absolute atomic E-state index is 0.0267. The molecule has 0 unspecified atom stereocenters. The number of amides is 1. The molecule has 3 rings (SSSR count). The van der Waals surface area contributed by atoms with Crippen LogP contribution in [0.15, 0.2) is 28.7 Å². The SMILES string of the molecule is Cc1nc(C)c(C(=O)N2C[C@H](O)C[C@H]2c2cccc(C(F)(F)F)c2)o1. The van der Waals surface area contributed by atoms with E-state index in [9.17, 15) is 23.1 Å². The fourth-order valence-electron chi connectivity index (χ4n) is 3.14. The first-order valence-electron chi connectivity index (χ1n) is 7.77. The molecule has 0 spiro atoms. The minimum atomic E-state index is -4.47. The van der Waals surface area contributed by atoms with Gasteiger partial charge in [0, 0.05) is 13.5 Å². The Bertz CT molecular complexity index is 801. The van der Waals surface area contributed by atoms with E-state index in [2.05, 4.69) is 4.98 Å². The third kappa shape index (κ3) is 3.39. The van der Waals surface area contributed by atoms with Crippen LogP contribution in [0.5, 0.6) is 0 Å². The monoisotopic (exact) mass is 354 g/mol. The van der Waals surface area contributed by atoms with Gasteiger partial charge in [0.2, 0.25) is 5.76 Å². The molecule has 25 heavy (non-hydrogen) atoms. The van der Waals surface area contributed by atoms with Crippen molar-refractivity contribution < 1.29 is 27.5 Å². The molecule has 134 valence electrons. The van der Waals surface area contributed by atoms with Crippen molar-refractivity contribution in [3.05, 3.63) is 52.7 Å². The average molecular weight is 354 g/mol. The number of hydrogen-bond donors (Lipinski definition) is 1. The van der Waals surface area contributed by atoms with Crippen molar-refractivity contribution in [3.8, 4) is 0 Å². The largest absolute Gasteiger partial charge is 0.436 e. The summed E-state index contributed by atoms with van der Waals surface area (Å²) in [4.78, 5) is 18.1. The van der Waals surface area contributed by atoms with Gasteiger partial charge in [-0.05, 0) is 31.0 Å². The summed E-state index contributed by atoms with van der Waals surface area (Å²) in [5, 5.41) is 9.97. The highest BCUT2D eigenvalue weighted by Gasteiger charge is 2.39. The fraction of sp³-hybridized carbons (Fsp3) is 0.412. The predicted molar refractivity (Wildman–Crippen MR) is 81.8 cm³/mol. The summed E-state index contributed by atoms with van der Waals surface area (Å²) in [6, 6.07) is 4.16. The van der Waals surface area contributed by atoms with Crippen LogP contribution in [-0.2, 0) is 6.18 Å². The van der Waals surface area contributed by atoms with Gasteiger partial charge in [-0.1, -0.05) is 12.1 Å². The van der Waals surface area contributed by atoms with Crippen LogP contribution in [0.25, 0.3) is 0 Å². The van der Waals surface area contributed by atoms with E-state index in [1.807, 2.05) is 0 Å². The van der Waals surface area contributed by atoms with Gasteiger partial charge in [0.15, 0.2) is 5.89 Å². The van der Waals surface area contributed by atoms with Gasteiger partial charge >= 0.3 is 6.18 Å². The normalized spacial score (nSPS) is 21.0. The van der Waals surface area contributed by atoms with Gasteiger partial charge in [0.25, 0.3) is 5.91 Å². The molecule has 0 bridgehead atoms. The number of β-amino-alcohol motifs (C(OH)–C–C–N with tert-alkyl or cyclic N) is 1. The molecule has 8 heteroatoms. The number of nitrogens with zero attached hydrogens (tertiary/aromatic N) is 2. The van der Waals surface area contributed by atoms with Gasteiger partial charge in [0.05, 0.1) is 23.4 Å². The first-order valence-corrected chi connectivity index (χ1v) is 7.77. The Hall–Kier alpha value is -2.35.